The predicted octanol–water partition coefficient (Wildman–Crippen LogP) is 2.78. The maximum Gasteiger partial charge on any atom is 0.308 e. The van der Waals surface area contributed by atoms with Crippen molar-refractivity contribution >= 4 is 18.1 Å². The average Bonchev–Trinajstić information content (AvgIpc) is 3.25. The minimum atomic E-state index is -0.505. The van der Waals surface area contributed by atoms with Crippen LogP contribution in [0.25, 0.3) is 11.3 Å². The maximum absolute atomic E-state index is 12.3. The first-order valence-corrected chi connectivity index (χ1v) is 8.90. The van der Waals surface area contributed by atoms with E-state index in [2.05, 4.69) is 20.7 Å². The quantitative estimate of drug-likeness (QED) is 0.269. The number of nitrogens with one attached hydrogen (secondary N) is 2. The first kappa shape index (κ1) is 20.6. The Labute approximate surface area is 172 Å². The van der Waals surface area contributed by atoms with Crippen LogP contribution >= 0.6 is 0 Å². The Kier molecular flexibility index (Phi) is 6.43. The van der Waals surface area contributed by atoms with Crippen LogP contribution in [0.2, 0.25) is 0 Å². The molecule has 2 N–H and O–H groups in total. The number of esters is 1. The molecular weight excluding hydrogens is 388 g/mol. The average molecular weight is 408 g/mol. The number of methoxy groups -OCH3 is 2. The number of nitrogens with zero attached hydrogens (tertiary/aromatic N) is 2. The summed E-state index contributed by atoms with van der Waals surface area (Å²) >= 11 is 0. The normalized spacial score (nSPS) is 10.6. The standard InChI is InChI=1S/C21H20N4O5/c1-13(26)30-20-18(28-2)9-14(10-19(20)29-3)12-22-25-21(27)17-11-16(23-24-17)15-7-5-4-6-8-15/h4-12H,1-3H3,(H,23,24)(H,25,27)/b22-12-. The Hall–Kier alpha value is -4.14. The van der Waals surface area contributed by atoms with Crippen LogP contribution in [0.4, 0.5) is 0 Å². The molecule has 9 heteroatoms. The number of amides is 1. The molecule has 0 aliphatic heterocycles. The molecule has 3 aromatic rings. The van der Waals surface area contributed by atoms with Gasteiger partial charge < -0.3 is 14.2 Å². The van der Waals surface area contributed by atoms with Gasteiger partial charge in [0.1, 0.15) is 5.69 Å². The molecule has 0 atom stereocenters. The summed E-state index contributed by atoms with van der Waals surface area (Å²) in [6.07, 6.45) is 1.41. The molecule has 1 aromatic heterocycles. The number of hydrogen-bond donors (Lipinski definition) is 2. The minimum absolute atomic E-state index is 0.166. The number of carbonyl (C=O) groups excluding carboxylic acids is 2. The predicted molar refractivity (Wildman–Crippen MR) is 110 cm³/mol. The molecule has 0 radical (unpaired) electrons. The van der Waals surface area contributed by atoms with Crippen molar-refractivity contribution in [2.75, 3.05) is 14.2 Å². The largest absolute Gasteiger partial charge is 0.493 e. The molecule has 0 spiro atoms. The van der Waals surface area contributed by atoms with Gasteiger partial charge >= 0.3 is 5.97 Å². The third-order valence-electron chi connectivity index (χ3n) is 4.00. The molecule has 0 saturated carbocycles. The SMILES string of the molecule is COc1cc(/C=N\NC(=O)c2cc(-c3ccccc3)n[nH]2)cc(OC)c1OC(C)=O. The number of rotatable bonds is 7. The van der Waals surface area contributed by atoms with E-state index in [4.69, 9.17) is 14.2 Å². The van der Waals surface area contributed by atoms with E-state index in [0.717, 1.165) is 5.56 Å². The zero-order valence-electron chi connectivity index (χ0n) is 16.6. The van der Waals surface area contributed by atoms with Gasteiger partial charge in [-0.1, -0.05) is 30.3 Å². The smallest absolute Gasteiger partial charge is 0.308 e. The van der Waals surface area contributed by atoms with Crippen LogP contribution in [0.1, 0.15) is 23.0 Å². The molecule has 1 heterocycles. The highest BCUT2D eigenvalue weighted by Gasteiger charge is 2.16. The van der Waals surface area contributed by atoms with Gasteiger partial charge in [-0.3, -0.25) is 14.7 Å². The van der Waals surface area contributed by atoms with Crippen LogP contribution in [0.5, 0.6) is 17.2 Å². The van der Waals surface area contributed by atoms with Crippen LogP contribution in [0.3, 0.4) is 0 Å². The van der Waals surface area contributed by atoms with Crippen LogP contribution < -0.4 is 19.6 Å². The highest BCUT2D eigenvalue weighted by molar-refractivity contribution is 5.94. The van der Waals surface area contributed by atoms with Gasteiger partial charge in [0, 0.05) is 18.1 Å². The van der Waals surface area contributed by atoms with E-state index in [-0.39, 0.29) is 11.4 Å². The Balaban J connectivity index is 1.72. The molecule has 0 fully saturated rings. The van der Waals surface area contributed by atoms with Gasteiger partial charge in [-0.15, -0.1) is 0 Å². The second-order valence-electron chi connectivity index (χ2n) is 6.08. The summed E-state index contributed by atoms with van der Waals surface area (Å²) in [6.45, 7) is 1.28. The number of H-pyrrole nitrogens is 1. The minimum Gasteiger partial charge on any atom is -0.493 e. The topological polar surface area (TPSA) is 115 Å². The van der Waals surface area contributed by atoms with Gasteiger partial charge in [0.2, 0.25) is 5.75 Å². The number of ether oxygens (including phenoxy) is 3. The van der Waals surface area contributed by atoms with Crippen LogP contribution in [-0.4, -0.2) is 42.5 Å². The Morgan fingerprint density at radius 2 is 1.73 bits per heavy atom. The Morgan fingerprint density at radius 3 is 2.33 bits per heavy atom. The molecule has 0 aliphatic rings. The van der Waals surface area contributed by atoms with Gasteiger partial charge in [0.25, 0.3) is 5.91 Å². The second-order valence-corrected chi connectivity index (χ2v) is 6.08. The van der Waals surface area contributed by atoms with E-state index >= 15 is 0 Å². The zero-order chi connectivity index (χ0) is 21.5. The first-order valence-electron chi connectivity index (χ1n) is 8.90. The summed E-state index contributed by atoms with van der Waals surface area (Å²) in [6, 6.07) is 14.3. The summed E-state index contributed by atoms with van der Waals surface area (Å²) in [5.74, 6) is -0.206. The lowest BCUT2D eigenvalue weighted by atomic mass is 10.1. The van der Waals surface area contributed by atoms with E-state index < -0.39 is 11.9 Å². The number of aromatic nitrogens is 2. The maximum atomic E-state index is 12.3. The highest BCUT2D eigenvalue weighted by atomic mass is 16.6. The fourth-order valence-corrected chi connectivity index (χ4v) is 2.64. The second kappa shape index (κ2) is 9.37. The highest BCUT2D eigenvalue weighted by Crippen LogP contribution is 2.38. The lowest BCUT2D eigenvalue weighted by molar-refractivity contribution is -0.132. The van der Waals surface area contributed by atoms with Crippen molar-refractivity contribution < 1.29 is 23.8 Å². The molecule has 154 valence electrons. The zero-order valence-corrected chi connectivity index (χ0v) is 16.6. The lowest BCUT2D eigenvalue weighted by Crippen LogP contribution is -2.18. The Morgan fingerprint density at radius 1 is 1.07 bits per heavy atom. The summed E-state index contributed by atoms with van der Waals surface area (Å²) in [5.41, 5.74) is 4.81. The lowest BCUT2D eigenvalue weighted by Gasteiger charge is -2.13. The number of carbonyl (C=O) groups is 2. The van der Waals surface area contributed by atoms with E-state index in [9.17, 15) is 9.59 Å². The van der Waals surface area contributed by atoms with Crippen molar-refractivity contribution in [3.63, 3.8) is 0 Å². The third kappa shape index (κ3) is 4.82. The fraction of sp³-hybridized carbons (Fsp3) is 0.143. The van der Waals surface area contributed by atoms with Crippen molar-refractivity contribution in [2.24, 2.45) is 5.10 Å². The van der Waals surface area contributed by atoms with Crippen molar-refractivity contribution in [3.05, 3.63) is 59.8 Å². The van der Waals surface area contributed by atoms with Crippen molar-refractivity contribution in [3.8, 4) is 28.5 Å². The third-order valence-corrected chi connectivity index (χ3v) is 4.00. The van der Waals surface area contributed by atoms with Crippen LogP contribution in [0.15, 0.2) is 53.6 Å². The number of hydrazone groups is 1. The summed E-state index contributed by atoms with van der Waals surface area (Å²) < 4.78 is 15.6. The fourth-order valence-electron chi connectivity index (χ4n) is 2.64. The van der Waals surface area contributed by atoms with E-state index in [0.29, 0.717) is 22.8 Å². The molecule has 3 rings (SSSR count). The monoisotopic (exact) mass is 408 g/mol. The van der Waals surface area contributed by atoms with Gasteiger partial charge in [-0.05, 0) is 18.2 Å². The van der Waals surface area contributed by atoms with Crippen LogP contribution in [0, 0.1) is 0 Å². The number of hydrogen-bond acceptors (Lipinski definition) is 7. The number of aromatic amines is 1. The molecule has 1 amide bonds. The van der Waals surface area contributed by atoms with E-state index in [1.54, 1.807) is 18.2 Å². The van der Waals surface area contributed by atoms with E-state index in [1.807, 2.05) is 30.3 Å². The molecule has 30 heavy (non-hydrogen) atoms. The molecule has 0 aliphatic carbocycles. The summed E-state index contributed by atoms with van der Waals surface area (Å²) in [4.78, 5) is 23.6. The van der Waals surface area contributed by atoms with Gasteiger partial charge in [-0.2, -0.15) is 10.2 Å². The molecule has 0 unspecified atom stereocenters. The Bertz CT molecular complexity index is 1050. The summed E-state index contributed by atoms with van der Waals surface area (Å²) in [5, 5.41) is 10.8. The van der Waals surface area contributed by atoms with Crippen molar-refractivity contribution in [2.45, 2.75) is 6.92 Å². The van der Waals surface area contributed by atoms with Crippen molar-refractivity contribution in [1.82, 2.24) is 15.6 Å². The number of benzene rings is 2. The molecular formula is C21H20N4O5. The summed E-state index contributed by atoms with van der Waals surface area (Å²) in [7, 11) is 2.88. The van der Waals surface area contributed by atoms with E-state index in [1.165, 1.54) is 27.4 Å². The molecule has 0 saturated heterocycles. The molecule has 0 bridgehead atoms. The molecule has 2 aromatic carbocycles. The van der Waals surface area contributed by atoms with Crippen molar-refractivity contribution in [1.29, 1.82) is 0 Å². The molecule has 9 nitrogen and oxygen atoms in total. The first-order chi connectivity index (χ1) is 14.5. The van der Waals surface area contributed by atoms with Gasteiger partial charge in [0.05, 0.1) is 26.1 Å². The van der Waals surface area contributed by atoms with Gasteiger partial charge in [-0.25, -0.2) is 5.43 Å². The van der Waals surface area contributed by atoms with Crippen LogP contribution in [-0.2, 0) is 4.79 Å². The van der Waals surface area contributed by atoms with Gasteiger partial charge in [0.15, 0.2) is 11.5 Å².